The molecule has 0 aliphatic heterocycles. The van der Waals surface area contributed by atoms with Crippen LogP contribution in [0.4, 0.5) is 5.13 Å². The Labute approximate surface area is 128 Å². The van der Waals surface area contributed by atoms with E-state index in [0.717, 1.165) is 10.3 Å². The number of carbonyl (C=O) groups excluding carboxylic acids is 1. The van der Waals surface area contributed by atoms with Gasteiger partial charge in [-0.25, -0.2) is 4.98 Å². The van der Waals surface area contributed by atoms with E-state index in [4.69, 9.17) is 0 Å². The summed E-state index contributed by atoms with van der Waals surface area (Å²) in [5.41, 5.74) is 0. The standard InChI is InChI=1S/C12H14BrN3OS2/c1-8(11(17)15-12-14-5-6-18-12)16(2)7-9-3-4-10(13)19-9/h3-6,8H,7H2,1-2H3,(H,14,15,17). The second-order valence-electron chi connectivity index (χ2n) is 4.12. The van der Waals surface area contributed by atoms with Crippen molar-refractivity contribution < 1.29 is 4.79 Å². The van der Waals surface area contributed by atoms with Crippen LogP contribution in [-0.2, 0) is 11.3 Å². The molecule has 0 radical (unpaired) electrons. The van der Waals surface area contributed by atoms with Crippen molar-refractivity contribution in [3.8, 4) is 0 Å². The topological polar surface area (TPSA) is 45.2 Å². The van der Waals surface area contributed by atoms with Gasteiger partial charge in [0.15, 0.2) is 5.13 Å². The summed E-state index contributed by atoms with van der Waals surface area (Å²) in [6, 6.07) is 3.88. The number of carbonyl (C=O) groups is 1. The van der Waals surface area contributed by atoms with E-state index in [9.17, 15) is 4.79 Å². The number of hydrogen-bond acceptors (Lipinski definition) is 5. The van der Waals surface area contributed by atoms with Gasteiger partial charge in [-0.15, -0.1) is 22.7 Å². The normalized spacial score (nSPS) is 12.6. The van der Waals surface area contributed by atoms with Gasteiger partial charge >= 0.3 is 0 Å². The minimum atomic E-state index is -0.204. The van der Waals surface area contributed by atoms with E-state index in [2.05, 4.69) is 32.3 Å². The summed E-state index contributed by atoms with van der Waals surface area (Å²) in [5.74, 6) is -0.0342. The van der Waals surface area contributed by atoms with Crippen LogP contribution in [0.15, 0.2) is 27.5 Å². The van der Waals surface area contributed by atoms with Crippen LogP contribution in [0.2, 0.25) is 0 Å². The second-order valence-corrected chi connectivity index (χ2v) is 7.57. The van der Waals surface area contributed by atoms with Gasteiger partial charge in [-0.05, 0) is 42.0 Å². The third-order valence-corrected chi connectivity index (χ3v) is 5.03. The third kappa shape index (κ3) is 4.10. The molecular formula is C12H14BrN3OS2. The number of aromatic nitrogens is 1. The van der Waals surface area contributed by atoms with Crippen LogP contribution in [-0.4, -0.2) is 28.9 Å². The maximum Gasteiger partial charge on any atom is 0.243 e. The third-order valence-electron chi connectivity index (χ3n) is 2.74. The first-order valence-electron chi connectivity index (χ1n) is 5.71. The molecule has 0 spiro atoms. The maximum absolute atomic E-state index is 12.1. The Morgan fingerprint density at radius 1 is 1.58 bits per heavy atom. The molecule has 2 aromatic rings. The monoisotopic (exact) mass is 359 g/mol. The number of likely N-dealkylation sites (N-methyl/N-ethyl adjacent to an activating group) is 1. The predicted molar refractivity (Wildman–Crippen MR) is 83.7 cm³/mol. The Kier molecular flexibility index (Phi) is 5.09. The van der Waals surface area contributed by atoms with Gasteiger partial charge in [0, 0.05) is 23.0 Å². The van der Waals surface area contributed by atoms with E-state index < -0.39 is 0 Å². The summed E-state index contributed by atoms with van der Waals surface area (Å²) in [6.45, 7) is 2.65. The van der Waals surface area contributed by atoms with Crippen LogP contribution in [0, 0.1) is 0 Å². The van der Waals surface area contributed by atoms with Crippen LogP contribution in [0.3, 0.4) is 0 Å². The summed E-state index contributed by atoms with van der Waals surface area (Å²) < 4.78 is 1.11. The van der Waals surface area contributed by atoms with Crippen molar-refractivity contribution >= 4 is 49.6 Å². The Morgan fingerprint density at radius 3 is 2.95 bits per heavy atom. The zero-order valence-corrected chi connectivity index (χ0v) is 13.8. The van der Waals surface area contributed by atoms with Gasteiger partial charge in [0.2, 0.25) is 5.91 Å². The highest BCUT2D eigenvalue weighted by Gasteiger charge is 2.19. The van der Waals surface area contributed by atoms with Crippen LogP contribution in [0.5, 0.6) is 0 Å². The first-order chi connectivity index (χ1) is 9.06. The minimum absolute atomic E-state index is 0.0342. The summed E-state index contributed by atoms with van der Waals surface area (Å²) in [5, 5.41) is 5.30. The molecule has 0 aliphatic rings. The highest BCUT2D eigenvalue weighted by Crippen LogP contribution is 2.23. The smallest absolute Gasteiger partial charge is 0.243 e. The van der Waals surface area contributed by atoms with Crippen molar-refractivity contribution in [3.05, 3.63) is 32.4 Å². The van der Waals surface area contributed by atoms with Crippen LogP contribution in [0.1, 0.15) is 11.8 Å². The van der Waals surface area contributed by atoms with Gasteiger partial charge in [-0.3, -0.25) is 9.69 Å². The molecule has 19 heavy (non-hydrogen) atoms. The van der Waals surface area contributed by atoms with Crippen molar-refractivity contribution in [2.24, 2.45) is 0 Å². The van der Waals surface area contributed by atoms with Crippen LogP contribution in [0.25, 0.3) is 0 Å². The van der Waals surface area contributed by atoms with Gasteiger partial charge in [-0.1, -0.05) is 0 Å². The van der Waals surface area contributed by atoms with Crippen molar-refractivity contribution in [2.75, 3.05) is 12.4 Å². The number of nitrogens with zero attached hydrogens (tertiary/aromatic N) is 2. The quantitative estimate of drug-likeness (QED) is 0.889. The highest BCUT2D eigenvalue weighted by atomic mass is 79.9. The lowest BCUT2D eigenvalue weighted by Crippen LogP contribution is -2.39. The average Bonchev–Trinajstić information content (AvgIpc) is 3.00. The molecule has 1 N–H and O–H groups in total. The fraction of sp³-hybridized carbons (Fsp3) is 0.333. The number of anilines is 1. The largest absolute Gasteiger partial charge is 0.301 e. The molecule has 0 bridgehead atoms. The van der Waals surface area contributed by atoms with Gasteiger partial charge in [0.25, 0.3) is 0 Å². The number of rotatable bonds is 5. The van der Waals surface area contributed by atoms with Gasteiger partial charge < -0.3 is 5.32 Å². The van der Waals surface area contributed by atoms with E-state index in [0.29, 0.717) is 5.13 Å². The van der Waals surface area contributed by atoms with E-state index >= 15 is 0 Å². The summed E-state index contributed by atoms with van der Waals surface area (Å²) in [6.07, 6.45) is 1.68. The molecule has 1 amide bonds. The zero-order chi connectivity index (χ0) is 13.8. The lowest BCUT2D eigenvalue weighted by Gasteiger charge is -2.22. The van der Waals surface area contributed by atoms with Crippen molar-refractivity contribution in [3.63, 3.8) is 0 Å². The van der Waals surface area contributed by atoms with Crippen LogP contribution >= 0.6 is 38.6 Å². The molecular weight excluding hydrogens is 346 g/mol. The lowest BCUT2D eigenvalue weighted by atomic mass is 10.2. The van der Waals surface area contributed by atoms with E-state index in [-0.39, 0.29) is 11.9 Å². The number of thiazole rings is 1. The minimum Gasteiger partial charge on any atom is -0.301 e. The molecule has 0 fully saturated rings. The summed E-state index contributed by atoms with van der Waals surface area (Å²) in [7, 11) is 1.94. The SMILES string of the molecule is CC(C(=O)Nc1nccs1)N(C)Cc1ccc(Br)s1. The molecule has 0 saturated carbocycles. The van der Waals surface area contributed by atoms with Crippen molar-refractivity contribution in [1.29, 1.82) is 0 Å². The first kappa shape index (κ1) is 14.6. The molecule has 2 rings (SSSR count). The van der Waals surface area contributed by atoms with Crippen molar-refractivity contribution in [1.82, 2.24) is 9.88 Å². The summed E-state index contributed by atoms with van der Waals surface area (Å²) in [4.78, 5) is 19.3. The average molecular weight is 360 g/mol. The molecule has 1 atom stereocenters. The molecule has 4 nitrogen and oxygen atoms in total. The predicted octanol–water partition coefficient (Wildman–Crippen LogP) is 3.43. The second kappa shape index (κ2) is 6.60. The molecule has 0 saturated heterocycles. The summed E-state index contributed by atoms with van der Waals surface area (Å²) >= 11 is 6.55. The maximum atomic E-state index is 12.1. The fourth-order valence-electron chi connectivity index (χ4n) is 1.51. The molecule has 0 aromatic carbocycles. The molecule has 0 aliphatic carbocycles. The number of amides is 1. The Hall–Kier alpha value is -0.760. The van der Waals surface area contributed by atoms with E-state index in [1.54, 1.807) is 17.5 Å². The Bertz CT molecular complexity index is 541. The molecule has 102 valence electrons. The van der Waals surface area contributed by atoms with Crippen molar-refractivity contribution in [2.45, 2.75) is 19.5 Å². The number of hydrogen-bond donors (Lipinski definition) is 1. The molecule has 2 heterocycles. The van der Waals surface area contributed by atoms with Crippen LogP contribution < -0.4 is 5.32 Å². The Morgan fingerprint density at radius 2 is 2.37 bits per heavy atom. The number of thiophene rings is 1. The van der Waals surface area contributed by atoms with Gasteiger partial charge in [-0.2, -0.15) is 0 Å². The highest BCUT2D eigenvalue weighted by molar-refractivity contribution is 9.11. The van der Waals surface area contributed by atoms with E-state index in [1.165, 1.54) is 16.2 Å². The van der Waals surface area contributed by atoms with Gasteiger partial charge in [0.1, 0.15) is 0 Å². The molecule has 1 unspecified atom stereocenters. The first-order valence-corrected chi connectivity index (χ1v) is 8.20. The number of halogens is 1. The van der Waals surface area contributed by atoms with Gasteiger partial charge in [0.05, 0.1) is 9.83 Å². The Balaban J connectivity index is 1.91. The lowest BCUT2D eigenvalue weighted by molar-refractivity contribution is -0.120. The fourth-order valence-corrected chi connectivity index (χ4v) is 3.59. The zero-order valence-electron chi connectivity index (χ0n) is 10.6. The number of nitrogens with one attached hydrogen (secondary N) is 1. The van der Waals surface area contributed by atoms with E-state index in [1.807, 2.05) is 30.3 Å². The molecule has 7 heteroatoms. The molecule has 2 aromatic heterocycles.